The van der Waals surface area contributed by atoms with Gasteiger partial charge in [0.15, 0.2) is 5.25 Å². The van der Waals surface area contributed by atoms with Crippen molar-refractivity contribution in [3.63, 3.8) is 0 Å². The first-order chi connectivity index (χ1) is 7.84. The molecular formula is C9H9N2O5S. The molecule has 1 radical (unpaired) electrons. The number of amides is 2. The highest BCUT2D eigenvalue weighted by Gasteiger charge is 2.25. The van der Waals surface area contributed by atoms with Crippen molar-refractivity contribution in [2.24, 2.45) is 5.73 Å². The van der Waals surface area contributed by atoms with Crippen LogP contribution in [-0.4, -0.2) is 25.3 Å². The molecule has 17 heavy (non-hydrogen) atoms. The number of nitrogens with two attached hydrogens (primary N) is 1. The molecule has 1 aromatic rings. The second-order valence-corrected chi connectivity index (χ2v) is 4.63. The molecule has 0 bridgehead atoms. The van der Waals surface area contributed by atoms with E-state index in [1.807, 2.05) is 0 Å². The molecule has 1 atom stereocenters. The molecule has 1 rings (SSSR count). The Balaban J connectivity index is 3.01. The van der Waals surface area contributed by atoms with Crippen molar-refractivity contribution in [3.8, 4) is 0 Å². The van der Waals surface area contributed by atoms with Crippen LogP contribution in [0.1, 0.15) is 10.8 Å². The van der Waals surface area contributed by atoms with E-state index in [4.69, 9.17) is 10.3 Å². The monoisotopic (exact) mass is 257 g/mol. The summed E-state index contributed by atoms with van der Waals surface area (Å²) in [7, 11) is -4.54. The number of carbonyl (C=O) groups excluding carboxylic acids is 2. The molecule has 0 heterocycles. The third-order valence-electron chi connectivity index (χ3n) is 1.89. The van der Waals surface area contributed by atoms with Crippen molar-refractivity contribution < 1.29 is 22.6 Å². The van der Waals surface area contributed by atoms with Gasteiger partial charge in [0.1, 0.15) is 0 Å². The minimum Gasteiger partial charge on any atom is -0.351 e. The number of nitrogens with one attached hydrogen (secondary N) is 1. The molecule has 7 nitrogen and oxygen atoms in total. The number of rotatable bonds is 4. The highest BCUT2D eigenvalue weighted by molar-refractivity contribution is 7.86. The van der Waals surface area contributed by atoms with E-state index >= 15 is 0 Å². The Bertz CT molecular complexity index is 523. The van der Waals surface area contributed by atoms with E-state index in [0.29, 0.717) is 5.69 Å². The second-order valence-electron chi connectivity index (χ2n) is 3.12. The molecule has 1 aromatic carbocycles. The molecule has 0 aliphatic carbocycles. The Hall–Kier alpha value is -1.93. The SMILES string of the molecule is NC(=O)Nc1ccc(C([C]=O)S(=O)(=O)O)cc1. The van der Waals surface area contributed by atoms with Gasteiger partial charge < -0.3 is 11.1 Å². The normalized spacial score (nSPS) is 12.8. The summed E-state index contributed by atoms with van der Waals surface area (Å²) in [5.74, 6) is 0. The number of hydrogen-bond acceptors (Lipinski definition) is 4. The third-order valence-corrected chi connectivity index (χ3v) is 2.85. The molecule has 0 aromatic heterocycles. The maximum Gasteiger partial charge on any atom is 0.316 e. The topological polar surface area (TPSA) is 127 Å². The Morgan fingerprint density at radius 3 is 2.24 bits per heavy atom. The zero-order chi connectivity index (χ0) is 13.1. The van der Waals surface area contributed by atoms with Crippen LogP contribution in [0.5, 0.6) is 0 Å². The Kier molecular flexibility index (Phi) is 3.81. The summed E-state index contributed by atoms with van der Waals surface area (Å²) < 4.78 is 30.4. The van der Waals surface area contributed by atoms with Crippen LogP contribution in [0.25, 0.3) is 0 Å². The molecule has 4 N–H and O–H groups in total. The fraction of sp³-hybridized carbons (Fsp3) is 0.111. The highest BCUT2D eigenvalue weighted by atomic mass is 32.2. The van der Waals surface area contributed by atoms with Crippen molar-refractivity contribution in [1.29, 1.82) is 0 Å². The first-order valence-electron chi connectivity index (χ1n) is 4.35. The fourth-order valence-electron chi connectivity index (χ4n) is 1.18. The minimum atomic E-state index is -4.54. The molecular weight excluding hydrogens is 248 g/mol. The summed E-state index contributed by atoms with van der Waals surface area (Å²) in [6.07, 6.45) is 1.22. The van der Waals surface area contributed by atoms with E-state index in [2.05, 4.69) is 5.32 Å². The summed E-state index contributed by atoms with van der Waals surface area (Å²) in [5.41, 5.74) is 5.24. The first kappa shape index (κ1) is 13.1. The van der Waals surface area contributed by atoms with Gasteiger partial charge in [-0.1, -0.05) is 12.1 Å². The molecule has 8 heteroatoms. The lowest BCUT2D eigenvalue weighted by Gasteiger charge is -2.07. The van der Waals surface area contributed by atoms with Gasteiger partial charge in [0.2, 0.25) is 6.29 Å². The largest absolute Gasteiger partial charge is 0.351 e. The van der Waals surface area contributed by atoms with E-state index in [1.165, 1.54) is 30.6 Å². The number of primary amides is 1. The summed E-state index contributed by atoms with van der Waals surface area (Å²) >= 11 is 0. The van der Waals surface area contributed by atoms with Crippen LogP contribution in [-0.2, 0) is 14.9 Å². The lowest BCUT2D eigenvalue weighted by Crippen LogP contribution is -2.19. The van der Waals surface area contributed by atoms with Gasteiger partial charge in [0, 0.05) is 5.69 Å². The Morgan fingerprint density at radius 1 is 1.35 bits per heavy atom. The minimum absolute atomic E-state index is 0.0394. The maximum absolute atomic E-state index is 10.8. The van der Waals surface area contributed by atoms with Crippen molar-refractivity contribution >= 4 is 28.1 Å². The van der Waals surface area contributed by atoms with E-state index in [1.54, 1.807) is 0 Å². The van der Waals surface area contributed by atoms with Gasteiger partial charge in [-0.25, -0.2) is 4.79 Å². The van der Waals surface area contributed by atoms with Crippen LogP contribution in [0.4, 0.5) is 10.5 Å². The predicted octanol–water partition coefficient (Wildman–Crippen LogP) is 0.216. The van der Waals surface area contributed by atoms with Gasteiger partial charge in [-0.05, 0) is 17.7 Å². The lowest BCUT2D eigenvalue weighted by atomic mass is 10.1. The molecule has 0 saturated carbocycles. The van der Waals surface area contributed by atoms with Gasteiger partial charge in [-0.3, -0.25) is 9.35 Å². The van der Waals surface area contributed by atoms with Crippen molar-refractivity contribution in [3.05, 3.63) is 29.8 Å². The Labute approximate surface area is 97.4 Å². The summed E-state index contributed by atoms with van der Waals surface area (Å²) in [4.78, 5) is 21.0. The zero-order valence-corrected chi connectivity index (χ0v) is 9.27. The summed E-state index contributed by atoms with van der Waals surface area (Å²) in [5, 5.41) is 0.497. The highest BCUT2D eigenvalue weighted by Crippen LogP contribution is 2.21. The molecule has 0 fully saturated rings. The van der Waals surface area contributed by atoms with Crippen molar-refractivity contribution in [2.45, 2.75) is 5.25 Å². The molecule has 0 saturated heterocycles. The average Bonchev–Trinajstić information content (AvgIpc) is 2.18. The van der Waals surface area contributed by atoms with E-state index in [0.717, 1.165) is 0 Å². The number of urea groups is 1. The van der Waals surface area contributed by atoms with Crippen LogP contribution < -0.4 is 11.1 Å². The van der Waals surface area contributed by atoms with Gasteiger partial charge in [-0.15, -0.1) is 0 Å². The molecule has 0 aliphatic heterocycles. The van der Waals surface area contributed by atoms with Gasteiger partial charge in [-0.2, -0.15) is 8.42 Å². The molecule has 0 spiro atoms. The third kappa shape index (κ3) is 3.54. The number of anilines is 1. The Morgan fingerprint density at radius 2 is 1.88 bits per heavy atom. The molecule has 1 unspecified atom stereocenters. The van der Waals surface area contributed by atoms with Crippen LogP contribution in [0, 0.1) is 0 Å². The maximum atomic E-state index is 10.8. The van der Waals surface area contributed by atoms with Crippen LogP contribution in [0.2, 0.25) is 0 Å². The number of carbonyl (C=O) groups is 1. The fourth-order valence-corrected chi connectivity index (χ4v) is 1.81. The zero-order valence-electron chi connectivity index (χ0n) is 8.45. The van der Waals surface area contributed by atoms with Gasteiger partial charge >= 0.3 is 6.03 Å². The quantitative estimate of drug-likeness (QED) is 0.665. The predicted molar refractivity (Wildman–Crippen MR) is 59.6 cm³/mol. The summed E-state index contributed by atoms with van der Waals surface area (Å²) in [6, 6.07) is 4.43. The molecule has 91 valence electrons. The smallest absolute Gasteiger partial charge is 0.316 e. The van der Waals surface area contributed by atoms with E-state index < -0.39 is 21.4 Å². The number of hydrogen-bond donors (Lipinski definition) is 3. The lowest BCUT2D eigenvalue weighted by molar-refractivity contribution is 0.259. The van der Waals surface area contributed by atoms with E-state index in [9.17, 15) is 18.0 Å². The van der Waals surface area contributed by atoms with E-state index in [-0.39, 0.29) is 5.56 Å². The standard InChI is InChI=1S/C9H9N2O5S/c10-9(13)11-7-3-1-6(2-4-7)8(5-12)17(14,15)16/h1-4,8H,(H3,10,11,13)(H,14,15,16). The number of benzene rings is 1. The van der Waals surface area contributed by atoms with Gasteiger partial charge in [0.05, 0.1) is 0 Å². The average molecular weight is 257 g/mol. The second kappa shape index (κ2) is 4.93. The van der Waals surface area contributed by atoms with Crippen molar-refractivity contribution in [2.75, 3.05) is 5.32 Å². The molecule has 0 aliphatic rings. The molecule has 2 amide bonds. The summed E-state index contributed by atoms with van der Waals surface area (Å²) in [6.45, 7) is 0. The van der Waals surface area contributed by atoms with Crippen LogP contribution in [0.3, 0.4) is 0 Å². The van der Waals surface area contributed by atoms with Crippen LogP contribution in [0.15, 0.2) is 24.3 Å². The van der Waals surface area contributed by atoms with Crippen LogP contribution >= 0.6 is 0 Å². The first-order valence-corrected chi connectivity index (χ1v) is 5.85. The van der Waals surface area contributed by atoms with Crippen molar-refractivity contribution in [1.82, 2.24) is 0 Å². The van der Waals surface area contributed by atoms with Gasteiger partial charge in [0.25, 0.3) is 10.1 Å².